The summed E-state index contributed by atoms with van der Waals surface area (Å²) in [4.78, 5) is 0. The van der Waals surface area contributed by atoms with Crippen LogP contribution in [0.2, 0.25) is 0 Å². The Bertz CT molecular complexity index is 2770. The molecular weight excluding hydrogens is 673 g/mol. The lowest BCUT2D eigenvalue weighted by Gasteiger charge is -2.23. The molecule has 0 atom stereocenters. The molecule has 0 aliphatic carbocycles. The summed E-state index contributed by atoms with van der Waals surface area (Å²) >= 11 is 0. The third kappa shape index (κ3) is 6.52. The van der Waals surface area contributed by atoms with Gasteiger partial charge in [-0.3, -0.25) is 0 Å². The molecule has 0 spiro atoms. The van der Waals surface area contributed by atoms with Crippen LogP contribution < -0.4 is 16.2 Å². The maximum Gasteiger partial charge on any atom is 0.193 e. The van der Waals surface area contributed by atoms with E-state index in [0.29, 0.717) is 0 Å². The average Bonchev–Trinajstić information content (AvgIpc) is 3.28. The summed E-state index contributed by atoms with van der Waals surface area (Å²) in [5.41, 5.74) is 21.1. The van der Waals surface area contributed by atoms with E-state index in [1.54, 1.807) is 0 Å². The second-order valence-corrected chi connectivity index (χ2v) is 14.4. The van der Waals surface area contributed by atoms with Gasteiger partial charge in [-0.1, -0.05) is 187 Å². The summed E-state index contributed by atoms with van der Waals surface area (Å²) < 4.78 is 0. The van der Waals surface area contributed by atoms with Gasteiger partial charge < -0.3 is 5.32 Å². The lowest BCUT2D eigenvalue weighted by atomic mass is 9.59. The van der Waals surface area contributed by atoms with E-state index in [1.165, 1.54) is 77.8 Å². The fourth-order valence-corrected chi connectivity index (χ4v) is 8.05. The number of benzene rings is 9. The third-order valence-electron chi connectivity index (χ3n) is 10.9. The zero-order valence-corrected chi connectivity index (χ0v) is 30.9. The maximum absolute atomic E-state index is 3.93. The lowest BCUT2D eigenvalue weighted by molar-refractivity contribution is 1.51. The van der Waals surface area contributed by atoms with Gasteiger partial charge in [-0.25, -0.2) is 0 Å². The number of hydrogen-bond acceptors (Lipinski definition) is 1. The second kappa shape index (κ2) is 14.6. The first-order valence-corrected chi connectivity index (χ1v) is 19.2. The molecule has 0 aromatic heterocycles. The fraction of sp³-hybridized carbons (Fsp3) is 0. The van der Waals surface area contributed by atoms with Crippen molar-refractivity contribution in [3.05, 3.63) is 218 Å². The molecule has 0 bridgehead atoms. The van der Waals surface area contributed by atoms with Gasteiger partial charge in [0.15, 0.2) is 7.28 Å². The summed E-state index contributed by atoms with van der Waals surface area (Å²) in [5.74, 6) is 0. The quantitative estimate of drug-likeness (QED) is 0.175. The van der Waals surface area contributed by atoms with Gasteiger partial charge in [0.05, 0.1) is 0 Å². The van der Waals surface area contributed by atoms with Crippen LogP contribution in [0, 0.1) is 0 Å². The topological polar surface area (TPSA) is 12.0 Å². The number of anilines is 2. The third-order valence-corrected chi connectivity index (χ3v) is 10.9. The molecule has 0 amide bonds. The summed E-state index contributed by atoms with van der Waals surface area (Å²) in [5, 5.41) is 3.93. The van der Waals surface area contributed by atoms with Crippen molar-refractivity contribution in [1.29, 1.82) is 0 Å². The SMILES string of the molecule is [B]1c2ccccc2-c2cc(-c3ccccc3)ccc2Nc2ccc(-c3ccccc3)cc2-c2ccc(-c3cc(-c4ccccc4)cc(-c4ccccc4)c3)cc21. The van der Waals surface area contributed by atoms with E-state index in [2.05, 4.69) is 231 Å². The lowest BCUT2D eigenvalue weighted by Crippen LogP contribution is -2.31. The molecule has 1 nitrogen and oxygen atoms in total. The van der Waals surface area contributed by atoms with E-state index < -0.39 is 0 Å². The largest absolute Gasteiger partial charge is 0.355 e. The molecule has 261 valence electrons. The molecule has 10 rings (SSSR count). The maximum atomic E-state index is 3.93. The Morgan fingerprint density at radius 3 is 1.11 bits per heavy atom. The average molecular weight is 711 g/mol. The zero-order valence-electron chi connectivity index (χ0n) is 30.9. The van der Waals surface area contributed by atoms with Gasteiger partial charge >= 0.3 is 0 Å². The molecule has 0 saturated carbocycles. The van der Waals surface area contributed by atoms with Gasteiger partial charge in [0.25, 0.3) is 0 Å². The number of fused-ring (bicyclic) bond motifs is 6. The summed E-state index contributed by atoms with van der Waals surface area (Å²) in [6.07, 6.45) is 0. The van der Waals surface area contributed by atoms with E-state index in [9.17, 15) is 0 Å². The van der Waals surface area contributed by atoms with Crippen molar-refractivity contribution >= 4 is 29.6 Å². The Labute approximate surface area is 329 Å². The summed E-state index contributed by atoms with van der Waals surface area (Å²) in [6.45, 7) is 0. The predicted octanol–water partition coefficient (Wildman–Crippen LogP) is 13.1. The van der Waals surface area contributed by atoms with Crippen LogP contribution in [0.1, 0.15) is 0 Å². The molecule has 1 N–H and O–H groups in total. The monoisotopic (exact) mass is 710 g/mol. The minimum absolute atomic E-state index is 1.07. The normalized spacial score (nSPS) is 11.5. The highest BCUT2D eigenvalue weighted by Gasteiger charge is 2.21. The van der Waals surface area contributed by atoms with Crippen molar-refractivity contribution in [2.45, 2.75) is 0 Å². The Balaban J connectivity index is 1.19. The summed E-state index contributed by atoms with van der Waals surface area (Å²) in [6, 6.07) is 79.1. The van der Waals surface area contributed by atoms with Crippen LogP contribution in [-0.2, 0) is 0 Å². The molecular formula is C54H37BN. The molecule has 1 aliphatic heterocycles. The molecule has 9 aromatic rings. The predicted molar refractivity (Wildman–Crippen MR) is 239 cm³/mol. The zero-order chi connectivity index (χ0) is 37.3. The van der Waals surface area contributed by atoms with Gasteiger partial charge in [0.1, 0.15) is 0 Å². The Morgan fingerprint density at radius 2 is 0.607 bits per heavy atom. The highest BCUT2D eigenvalue weighted by Crippen LogP contribution is 2.40. The van der Waals surface area contributed by atoms with Gasteiger partial charge in [0, 0.05) is 22.5 Å². The number of rotatable bonds is 5. The molecule has 2 heteroatoms. The van der Waals surface area contributed by atoms with Gasteiger partial charge in [0.2, 0.25) is 0 Å². The Morgan fingerprint density at radius 1 is 0.232 bits per heavy atom. The van der Waals surface area contributed by atoms with Crippen LogP contribution in [-0.4, -0.2) is 7.28 Å². The van der Waals surface area contributed by atoms with E-state index in [4.69, 9.17) is 0 Å². The number of hydrogen-bond donors (Lipinski definition) is 1. The van der Waals surface area contributed by atoms with Crippen molar-refractivity contribution < 1.29 is 0 Å². The minimum Gasteiger partial charge on any atom is -0.355 e. The van der Waals surface area contributed by atoms with Crippen LogP contribution in [0.4, 0.5) is 11.4 Å². The Kier molecular flexibility index (Phi) is 8.70. The number of nitrogens with one attached hydrogen (secondary N) is 1. The highest BCUT2D eigenvalue weighted by atomic mass is 14.9. The fourth-order valence-electron chi connectivity index (χ4n) is 8.05. The van der Waals surface area contributed by atoms with Gasteiger partial charge in [-0.05, 0) is 109 Å². The van der Waals surface area contributed by atoms with E-state index >= 15 is 0 Å². The van der Waals surface area contributed by atoms with Crippen LogP contribution >= 0.6 is 0 Å². The van der Waals surface area contributed by atoms with Crippen molar-refractivity contribution in [3.8, 4) is 77.9 Å². The first kappa shape index (κ1) is 33.4. The van der Waals surface area contributed by atoms with Crippen molar-refractivity contribution in [3.63, 3.8) is 0 Å². The van der Waals surface area contributed by atoms with Crippen LogP contribution in [0.3, 0.4) is 0 Å². The molecule has 1 radical (unpaired) electrons. The smallest absolute Gasteiger partial charge is 0.193 e. The standard InChI is InChI=1S/C54H37BN/c1-5-15-37(16-6-1)41-26-29-53-49(34-41)47-23-13-14-24-51(47)55-52-36-43(25-28-48(52)50-35-42(27-30-54(50)56-53)38-17-7-2-8-18-38)46-32-44(39-19-9-3-10-20-39)31-45(33-46)40-21-11-4-12-22-40/h1-36,56H. The second-order valence-electron chi connectivity index (χ2n) is 14.4. The van der Waals surface area contributed by atoms with Crippen molar-refractivity contribution in [2.24, 2.45) is 0 Å². The molecule has 0 fully saturated rings. The van der Waals surface area contributed by atoms with Crippen molar-refractivity contribution in [1.82, 2.24) is 0 Å². The van der Waals surface area contributed by atoms with Crippen molar-refractivity contribution in [2.75, 3.05) is 5.32 Å². The van der Waals surface area contributed by atoms with E-state index in [1.807, 2.05) is 0 Å². The highest BCUT2D eigenvalue weighted by molar-refractivity contribution is 6.70. The van der Waals surface area contributed by atoms with Crippen LogP contribution in [0.5, 0.6) is 0 Å². The molecule has 1 aliphatic rings. The van der Waals surface area contributed by atoms with Crippen LogP contribution in [0.15, 0.2) is 218 Å². The molecule has 0 unspecified atom stereocenters. The molecule has 1 heterocycles. The first-order chi connectivity index (χ1) is 27.7. The van der Waals surface area contributed by atoms with E-state index in [-0.39, 0.29) is 0 Å². The van der Waals surface area contributed by atoms with Gasteiger partial charge in [-0.2, -0.15) is 0 Å². The molecule has 56 heavy (non-hydrogen) atoms. The molecule has 9 aromatic carbocycles. The summed E-state index contributed by atoms with van der Waals surface area (Å²) in [7, 11) is 2.39. The van der Waals surface area contributed by atoms with Gasteiger partial charge in [-0.15, -0.1) is 0 Å². The first-order valence-electron chi connectivity index (χ1n) is 19.2. The van der Waals surface area contributed by atoms with Crippen LogP contribution in [0.25, 0.3) is 77.9 Å². The molecule has 0 saturated heterocycles. The minimum atomic E-state index is 1.07. The Hall–Kier alpha value is -7.16. The van der Waals surface area contributed by atoms with E-state index in [0.717, 1.165) is 22.4 Å².